The highest BCUT2D eigenvalue weighted by molar-refractivity contribution is 5.28. The lowest BCUT2D eigenvalue weighted by molar-refractivity contribution is 0.608. The predicted molar refractivity (Wildman–Crippen MR) is 26.3 cm³/mol. The second kappa shape index (κ2) is 1.12. The van der Waals surface area contributed by atoms with Crippen LogP contribution in [-0.4, -0.2) is 9.38 Å². The van der Waals surface area contributed by atoms with Crippen LogP contribution in [-0.2, 0) is 0 Å². The fraction of sp³-hybridized carbons (Fsp3) is 0. The Balaban J connectivity index is 3.06. The van der Waals surface area contributed by atoms with Gasteiger partial charge in [0.1, 0.15) is 18.8 Å². The van der Waals surface area contributed by atoms with Crippen LogP contribution in [0.2, 0.25) is 0 Å². The van der Waals surface area contributed by atoms with E-state index < -0.39 is 0 Å². The standard InChI is InChI=1S/C5H3N2O/c1-2-8-5-3-6-4-7(1)5/h2-4H. The van der Waals surface area contributed by atoms with Crippen molar-refractivity contribution in [2.45, 2.75) is 0 Å². The molecule has 8 heavy (non-hydrogen) atoms. The third-order valence-corrected chi connectivity index (χ3v) is 0.976. The Kier molecular flexibility index (Phi) is 0.521. The zero-order valence-electron chi connectivity index (χ0n) is 4.03. The van der Waals surface area contributed by atoms with Crippen LogP contribution < -0.4 is 0 Å². The summed E-state index contributed by atoms with van der Waals surface area (Å²) >= 11 is 0. The zero-order chi connectivity index (χ0) is 5.40. The van der Waals surface area contributed by atoms with E-state index in [0.717, 1.165) is 5.71 Å². The first-order valence-electron chi connectivity index (χ1n) is 2.24. The molecule has 0 saturated heterocycles. The molecule has 0 aromatic carbocycles. The average molecular weight is 107 g/mol. The molecule has 0 spiro atoms. The minimum atomic E-state index is 0.727. The van der Waals surface area contributed by atoms with E-state index in [1.165, 1.54) is 6.26 Å². The molecule has 0 amide bonds. The maximum Gasteiger partial charge on any atom is 0.223 e. The van der Waals surface area contributed by atoms with Crippen LogP contribution in [0.5, 0.6) is 0 Å². The summed E-state index contributed by atoms with van der Waals surface area (Å²) in [5.74, 6) is 0. The normalized spacial score (nSPS) is 10.5. The lowest BCUT2D eigenvalue weighted by Crippen LogP contribution is -1.67. The number of hydrogen-bond donors (Lipinski definition) is 0. The summed E-state index contributed by atoms with van der Waals surface area (Å²) in [4.78, 5) is 3.80. The van der Waals surface area contributed by atoms with Crippen LogP contribution in [0, 0.1) is 6.20 Å². The van der Waals surface area contributed by atoms with Gasteiger partial charge in [0.25, 0.3) is 0 Å². The van der Waals surface area contributed by atoms with Gasteiger partial charge in [0.05, 0.1) is 6.20 Å². The van der Waals surface area contributed by atoms with Gasteiger partial charge in [-0.2, -0.15) is 0 Å². The molecule has 3 heteroatoms. The Labute approximate surface area is 45.6 Å². The van der Waals surface area contributed by atoms with Gasteiger partial charge in [-0.05, 0) is 0 Å². The van der Waals surface area contributed by atoms with Crippen molar-refractivity contribution in [2.75, 3.05) is 0 Å². The van der Waals surface area contributed by atoms with E-state index in [4.69, 9.17) is 4.42 Å². The Morgan fingerprint density at radius 3 is 3.62 bits per heavy atom. The summed E-state index contributed by atoms with van der Waals surface area (Å²) < 4.78 is 6.58. The van der Waals surface area contributed by atoms with Crippen molar-refractivity contribution in [3.63, 3.8) is 0 Å². The first kappa shape index (κ1) is 3.72. The van der Waals surface area contributed by atoms with Crippen molar-refractivity contribution in [1.29, 1.82) is 0 Å². The number of rotatable bonds is 0. The van der Waals surface area contributed by atoms with Gasteiger partial charge >= 0.3 is 0 Å². The maximum absolute atomic E-state index is 4.90. The van der Waals surface area contributed by atoms with E-state index >= 15 is 0 Å². The van der Waals surface area contributed by atoms with Crippen molar-refractivity contribution in [1.82, 2.24) is 9.38 Å². The molecule has 2 aromatic rings. The van der Waals surface area contributed by atoms with E-state index in [2.05, 4.69) is 11.2 Å². The molecule has 0 fully saturated rings. The number of aromatic nitrogens is 2. The average Bonchev–Trinajstić information content (AvgIpc) is 2.15. The molecule has 2 aromatic heterocycles. The van der Waals surface area contributed by atoms with Gasteiger partial charge in [-0.15, -0.1) is 0 Å². The number of oxazole rings is 1. The van der Waals surface area contributed by atoms with Crippen molar-refractivity contribution in [2.24, 2.45) is 0 Å². The molecule has 0 aliphatic rings. The number of fused-ring (bicyclic) bond motifs is 1. The summed E-state index contributed by atoms with van der Waals surface area (Å²) in [6.45, 7) is 0. The third kappa shape index (κ3) is 0.307. The number of nitrogens with zero attached hydrogens (tertiary/aromatic N) is 2. The van der Waals surface area contributed by atoms with Crippen LogP contribution in [0.1, 0.15) is 0 Å². The fourth-order valence-electron chi connectivity index (χ4n) is 0.611. The molecule has 0 saturated carbocycles. The van der Waals surface area contributed by atoms with E-state index in [0.29, 0.717) is 0 Å². The Morgan fingerprint density at radius 1 is 1.75 bits per heavy atom. The first-order valence-corrected chi connectivity index (χ1v) is 2.24. The Bertz CT molecular complexity index is 232. The van der Waals surface area contributed by atoms with Gasteiger partial charge < -0.3 is 4.42 Å². The van der Waals surface area contributed by atoms with E-state index in [1.807, 2.05) is 0 Å². The maximum atomic E-state index is 4.90. The van der Waals surface area contributed by atoms with Crippen LogP contribution in [0.4, 0.5) is 0 Å². The smallest absolute Gasteiger partial charge is 0.223 e. The summed E-state index contributed by atoms with van der Waals surface area (Å²) in [7, 11) is 0. The van der Waals surface area contributed by atoms with Gasteiger partial charge in [-0.3, -0.25) is 4.40 Å². The van der Waals surface area contributed by atoms with Crippen LogP contribution in [0.3, 0.4) is 0 Å². The van der Waals surface area contributed by atoms with E-state index in [1.54, 1.807) is 16.9 Å². The van der Waals surface area contributed by atoms with Gasteiger partial charge in [0.2, 0.25) is 5.71 Å². The summed E-state index contributed by atoms with van der Waals surface area (Å²) in [5, 5.41) is 0. The summed E-state index contributed by atoms with van der Waals surface area (Å²) in [6, 6.07) is 0. The monoisotopic (exact) mass is 107 g/mol. The highest BCUT2D eigenvalue weighted by Gasteiger charge is 1.90. The quantitative estimate of drug-likeness (QED) is 0.496. The predicted octanol–water partition coefficient (Wildman–Crippen LogP) is 0.727. The third-order valence-electron chi connectivity index (χ3n) is 0.976. The fourth-order valence-corrected chi connectivity index (χ4v) is 0.611. The Morgan fingerprint density at radius 2 is 2.75 bits per heavy atom. The van der Waals surface area contributed by atoms with Gasteiger partial charge in [0, 0.05) is 0 Å². The molecular weight excluding hydrogens is 104 g/mol. The molecule has 0 bridgehead atoms. The van der Waals surface area contributed by atoms with Crippen molar-refractivity contribution >= 4 is 5.71 Å². The molecule has 1 radical (unpaired) electrons. The minimum Gasteiger partial charge on any atom is -0.444 e. The van der Waals surface area contributed by atoms with Crippen LogP contribution in [0.15, 0.2) is 23.2 Å². The van der Waals surface area contributed by atoms with Gasteiger partial charge in [-0.1, -0.05) is 0 Å². The zero-order valence-corrected chi connectivity index (χ0v) is 4.03. The van der Waals surface area contributed by atoms with Crippen molar-refractivity contribution in [3.05, 3.63) is 25.0 Å². The SMILES string of the molecule is [c]1coc2cncn12. The number of hydrogen-bond acceptors (Lipinski definition) is 2. The molecule has 0 atom stereocenters. The first-order chi connectivity index (χ1) is 3.97. The molecule has 0 aliphatic heterocycles. The molecular formula is C5H3N2O. The van der Waals surface area contributed by atoms with Crippen LogP contribution in [0.25, 0.3) is 5.71 Å². The highest BCUT2D eigenvalue weighted by Crippen LogP contribution is 1.98. The second-order valence-electron chi connectivity index (χ2n) is 1.47. The molecule has 2 rings (SSSR count). The van der Waals surface area contributed by atoms with Crippen molar-refractivity contribution < 1.29 is 4.42 Å². The molecule has 39 valence electrons. The lowest BCUT2D eigenvalue weighted by Gasteiger charge is -1.69. The van der Waals surface area contributed by atoms with Gasteiger partial charge in [-0.25, -0.2) is 4.98 Å². The van der Waals surface area contributed by atoms with E-state index in [9.17, 15) is 0 Å². The number of imidazole rings is 1. The molecule has 0 unspecified atom stereocenters. The summed E-state index contributed by atoms with van der Waals surface area (Å²) in [5.41, 5.74) is 0.727. The topological polar surface area (TPSA) is 30.4 Å². The van der Waals surface area contributed by atoms with Gasteiger partial charge in [0.15, 0.2) is 0 Å². The lowest BCUT2D eigenvalue weighted by atomic mass is 10.9. The minimum absolute atomic E-state index is 0.727. The summed E-state index contributed by atoms with van der Waals surface area (Å²) in [6.07, 6.45) is 7.56. The van der Waals surface area contributed by atoms with Crippen LogP contribution >= 0.6 is 0 Å². The molecule has 0 N–H and O–H groups in total. The molecule has 0 aliphatic carbocycles. The van der Waals surface area contributed by atoms with E-state index in [-0.39, 0.29) is 0 Å². The highest BCUT2D eigenvalue weighted by atomic mass is 16.3. The van der Waals surface area contributed by atoms with Crippen molar-refractivity contribution in [3.8, 4) is 0 Å². The largest absolute Gasteiger partial charge is 0.444 e. The second-order valence-corrected chi connectivity index (χ2v) is 1.47. The molecule has 2 heterocycles. The Hall–Kier alpha value is -1.25. The molecule has 3 nitrogen and oxygen atoms in total.